The predicted octanol–water partition coefficient (Wildman–Crippen LogP) is 2.49. The van der Waals surface area contributed by atoms with Crippen LogP contribution in [0.5, 0.6) is 11.6 Å². The van der Waals surface area contributed by atoms with Gasteiger partial charge in [-0.1, -0.05) is 13.8 Å². The van der Waals surface area contributed by atoms with Gasteiger partial charge < -0.3 is 19.5 Å². The van der Waals surface area contributed by atoms with E-state index in [1.54, 1.807) is 48.5 Å². The Morgan fingerprint density at radius 1 is 1.09 bits per heavy atom. The number of benzene rings is 2. The molecule has 0 unspecified atom stereocenters. The van der Waals surface area contributed by atoms with E-state index in [0.29, 0.717) is 35.8 Å². The third-order valence-electron chi connectivity index (χ3n) is 5.43. The fourth-order valence-corrected chi connectivity index (χ4v) is 3.34. The smallest absolute Gasteiger partial charge is 0.338 e. The fourth-order valence-electron chi connectivity index (χ4n) is 3.34. The first kappa shape index (κ1) is 25.4. The lowest BCUT2D eigenvalue weighted by molar-refractivity contribution is 0.0466. The van der Waals surface area contributed by atoms with Crippen molar-refractivity contribution in [3.8, 4) is 17.3 Å². The number of aromatic amines is 1. The molecule has 2 N–H and O–H groups in total. The van der Waals surface area contributed by atoms with E-state index >= 15 is 0 Å². The number of esters is 1. The third-order valence-corrected chi connectivity index (χ3v) is 5.43. The second-order valence-electron chi connectivity index (χ2n) is 7.50. The fraction of sp³-hybridized carbons (Fsp3) is 0.280. The molecule has 184 valence electrons. The van der Waals surface area contributed by atoms with Crippen LogP contribution in [0.15, 0.2) is 63.1 Å². The number of nitrogens with one attached hydrogen (secondary N) is 1. The topological polar surface area (TPSA) is 126 Å². The molecular weight excluding hydrogens is 452 g/mol. The van der Waals surface area contributed by atoms with Crippen LogP contribution in [0.3, 0.4) is 0 Å². The van der Waals surface area contributed by atoms with Gasteiger partial charge in [-0.2, -0.15) is 0 Å². The van der Waals surface area contributed by atoms with Gasteiger partial charge >= 0.3 is 11.7 Å². The molecule has 10 nitrogen and oxygen atoms in total. The number of rotatable bonds is 10. The molecule has 0 atom stereocenters. The minimum absolute atomic E-state index is 0.194. The Hall–Kier alpha value is -4.18. The van der Waals surface area contributed by atoms with Crippen LogP contribution < -0.4 is 16.0 Å². The van der Waals surface area contributed by atoms with E-state index in [2.05, 4.69) is 14.9 Å². The molecule has 10 heteroatoms. The van der Waals surface area contributed by atoms with E-state index in [9.17, 15) is 19.5 Å². The first-order valence-electron chi connectivity index (χ1n) is 11.1. The molecule has 0 radical (unpaired) electrons. The highest BCUT2D eigenvalue weighted by Gasteiger charge is 2.14. The van der Waals surface area contributed by atoms with Gasteiger partial charge in [0, 0.05) is 12.8 Å². The van der Waals surface area contributed by atoms with E-state index in [4.69, 9.17) is 9.47 Å². The normalized spacial score (nSPS) is 11.2. The van der Waals surface area contributed by atoms with Crippen molar-refractivity contribution in [1.82, 2.24) is 14.5 Å². The third kappa shape index (κ3) is 6.24. The van der Waals surface area contributed by atoms with Crippen LogP contribution in [0.25, 0.3) is 5.69 Å². The maximum atomic E-state index is 12.3. The minimum Gasteiger partial charge on any atom is -0.497 e. The average molecular weight is 481 g/mol. The number of likely N-dealkylation sites (N-methyl/N-ethyl adjacent to an activating group) is 1. The molecule has 1 aromatic heterocycles. The zero-order chi connectivity index (χ0) is 25.4. The lowest BCUT2D eigenvalue weighted by Crippen LogP contribution is -2.31. The molecule has 2 aromatic carbocycles. The molecule has 0 amide bonds. The van der Waals surface area contributed by atoms with Crippen molar-refractivity contribution in [2.45, 2.75) is 13.8 Å². The number of aromatic nitrogens is 2. The molecule has 0 aliphatic rings. The highest BCUT2D eigenvalue weighted by molar-refractivity contribution is 5.90. The van der Waals surface area contributed by atoms with Crippen molar-refractivity contribution in [1.29, 1.82) is 0 Å². The van der Waals surface area contributed by atoms with Gasteiger partial charge in [0.25, 0.3) is 5.56 Å². The van der Waals surface area contributed by atoms with Gasteiger partial charge in [-0.05, 0) is 61.6 Å². The molecule has 0 aliphatic heterocycles. The Labute approximate surface area is 202 Å². The predicted molar refractivity (Wildman–Crippen MR) is 133 cm³/mol. The average Bonchev–Trinajstić information content (AvgIpc) is 2.87. The second-order valence-corrected chi connectivity index (χ2v) is 7.50. The molecule has 1 heterocycles. The minimum atomic E-state index is -0.793. The van der Waals surface area contributed by atoms with Crippen LogP contribution in [-0.2, 0) is 4.74 Å². The maximum Gasteiger partial charge on any atom is 0.338 e. The molecule has 0 aliphatic carbocycles. The Bertz CT molecular complexity index is 1290. The summed E-state index contributed by atoms with van der Waals surface area (Å²) in [6, 6.07) is 12.7. The van der Waals surface area contributed by atoms with Gasteiger partial charge in [0.15, 0.2) is 0 Å². The van der Waals surface area contributed by atoms with Gasteiger partial charge in [-0.25, -0.2) is 14.2 Å². The molecule has 0 spiro atoms. The summed E-state index contributed by atoms with van der Waals surface area (Å²) in [6.07, 6.45) is 1.16. The van der Waals surface area contributed by atoms with Gasteiger partial charge in [0.1, 0.15) is 17.9 Å². The Balaban J connectivity index is 1.76. The number of nitrogens with zero attached hydrogens (tertiary/aromatic N) is 3. The zero-order valence-corrected chi connectivity index (χ0v) is 19.9. The summed E-state index contributed by atoms with van der Waals surface area (Å²) >= 11 is 0. The Morgan fingerprint density at radius 3 is 2.34 bits per heavy atom. The first-order chi connectivity index (χ1) is 16.9. The number of methoxy groups -OCH3 is 1. The highest BCUT2D eigenvalue weighted by atomic mass is 16.5. The summed E-state index contributed by atoms with van der Waals surface area (Å²) in [5.41, 5.74) is -0.626. The van der Waals surface area contributed by atoms with Gasteiger partial charge in [-0.15, -0.1) is 0 Å². The molecular formula is C25H28N4O6. The van der Waals surface area contributed by atoms with Crippen LogP contribution in [0.1, 0.15) is 29.8 Å². The molecule has 0 fully saturated rings. The zero-order valence-electron chi connectivity index (χ0n) is 19.9. The quantitative estimate of drug-likeness (QED) is 0.337. The number of aliphatic imine (C=N–C) groups is 1. The van der Waals surface area contributed by atoms with Crippen LogP contribution in [0, 0.1) is 0 Å². The van der Waals surface area contributed by atoms with Crippen molar-refractivity contribution in [3.05, 3.63) is 80.5 Å². The largest absolute Gasteiger partial charge is 0.497 e. The number of carbonyl (C=O) groups excluding carboxylic acids is 1. The summed E-state index contributed by atoms with van der Waals surface area (Å²) in [5.74, 6) is -0.418. The first-order valence-corrected chi connectivity index (χ1v) is 11.1. The van der Waals surface area contributed by atoms with Crippen molar-refractivity contribution in [3.63, 3.8) is 0 Å². The van der Waals surface area contributed by atoms with Crippen LogP contribution >= 0.6 is 0 Å². The lowest BCUT2D eigenvalue weighted by atomic mass is 10.2. The highest BCUT2D eigenvalue weighted by Crippen LogP contribution is 2.20. The number of hydrogen-bond donors (Lipinski definition) is 2. The number of hydrogen-bond acceptors (Lipinski definition) is 8. The molecule has 0 bridgehead atoms. The van der Waals surface area contributed by atoms with Crippen molar-refractivity contribution < 1.29 is 19.4 Å². The van der Waals surface area contributed by atoms with E-state index < -0.39 is 23.1 Å². The van der Waals surface area contributed by atoms with Gasteiger partial charge in [0.2, 0.25) is 5.88 Å². The van der Waals surface area contributed by atoms with E-state index in [1.807, 2.05) is 13.8 Å². The number of aromatic hydroxyl groups is 1. The van der Waals surface area contributed by atoms with E-state index in [-0.39, 0.29) is 5.56 Å². The number of ether oxygens (including phenoxy) is 2. The van der Waals surface area contributed by atoms with Crippen molar-refractivity contribution >= 4 is 17.9 Å². The summed E-state index contributed by atoms with van der Waals surface area (Å²) in [7, 11) is 1.51. The lowest BCUT2D eigenvalue weighted by Gasteiger charge is -2.17. The van der Waals surface area contributed by atoms with Gasteiger partial charge in [0.05, 0.1) is 24.0 Å². The standard InChI is InChI=1S/C25H28N4O6/c1-4-28(5-2)14-15-35-24(32)17-6-8-18(9-7-17)26-16-21-22(30)27-25(33)29(23(21)31)19-10-12-20(34-3)13-11-19/h6-13,16,31H,4-5,14-15H2,1-3H3,(H,27,30,33). The molecule has 0 saturated carbocycles. The van der Waals surface area contributed by atoms with Crippen molar-refractivity contribution in [2.24, 2.45) is 4.99 Å². The Kier molecular flexibility index (Phi) is 8.58. The maximum absolute atomic E-state index is 12.3. The SMILES string of the molecule is CCN(CC)CCOC(=O)c1ccc(N=Cc2c(O)n(-c3ccc(OC)cc3)c(=O)[nH]c2=O)cc1. The summed E-state index contributed by atoms with van der Waals surface area (Å²) in [6.45, 7) is 6.83. The van der Waals surface area contributed by atoms with Gasteiger partial charge in [-0.3, -0.25) is 14.8 Å². The summed E-state index contributed by atoms with van der Waals surface area (Å²) in [4.78, 5) is 45.4. The number of H-pyrrole nitrogens is 1. The molecule has 0 saturated heterocycles. The Morgan fingerprint density at radius 2 is 1.74 bits per heavy atom. The van der Waals surface area contributed by atoms with Crippen LogP contribution in [0.2, 0.25) is 0 Å². The van der Waals surface area contributed by atoms with Crippen LogP contribution in [0.4, 0.5) is 5.69 Å². The summed E-state index contributed by atoms with van der Waals surface area (Å²) < 4.78 is 11.4. The van der Waals surface area contributed by atoms with Crippen molar-refractivity contribution in [2.75, 3.05) is 33.4 Å². The number of carbonyl (C=O) groups is 1. The molecule has 3 rings (SSSR count). The summed E-state index contributed by atoms with van der Waals surface area (Å²) in [5, 5.41) is 10.6. The van der Waals surface area contributed by atoms with E-state index in [1.165, 1.54) is 7.11 Å². The second kappa shape index (κ2) is 11.8. The van der Waals surface area contributed by atoms with Crippen LogP contribution in [-0.4, -0.2) is 65.1 Å². The molecule has 3 aromatic rings. The monoisotopic (exact) mass is 480 g/mol. The van der Waals surface area contributed by atoms with E-state index in [0.717, 1.165) is 23.9 Å². The molecule has 35 heavy (non-hydrogen) atoms.